The van der Waals surface area contributed by atoms with Crippen molar-refractivity contribution in [1.82, 2.24) is 15.2 Å². The number of amides is 1. The van der Waals surface area contributed by atoms with Crippen LogP contribution in [0.1, 0.15) is 21.6 Å². The van der Waals surface area contributed by atoms with Gasteiger partial charge < -0.3 is 10.4 Å². The van der Waals surface area contributed by atoms with Crippen LogP contribution in [0, 0.1) is 0 Å². The molecule has 5 nitrogen and oxygen atoms in total. The summed E-state index contributed by atoms with van der Waals surface area (Å²) in [6, 6.07) is 8.42. The minimum Gasteiger partial charge on any atom is -0.390 e. The average Bonchev–Trinajstić information content (AvgIpc) is 3.07. The number of rotatable bonds is 5. The van der Waals surface area contributed by atoms with E-state index in [1.54, 1.807) is 10.9 Å². The van der Waals surface area contributed by atoms with Crippen molar-refractivity contribution >= 4 is 17.2 Å². The summed E-state index contributed by atoms with van der Waals surface area (Å²) >= 11 is 1.38. The molecule has 0 saturated heterocycles. The number of nitrogens with zero attached hydrogens (tertiary/aromatic N) is 2. The van der Waals surface area contributed by atoms with Gasteiger partial charge in [-0.3, -0.25) is 9.69 Å². The molecule has 0 bridgehead atoms. The van der Waals surface area contributed by atoms with Crippen LogP contribution in [-0.4, -0.2) is 46.6 Å². The number of aromatic nitrogens is 1. The second-order valence-electron chi connectivity index (χ2n) is 5.49. The van der Waals surface area contributed by atoms with Gasteiger partial charge in [0.2, 0.25) is 0 Å². The lowest BCUT2D eigenvalue weighted by Gasteiger charge is -2.30. The summed E-state index contributed by atoms with van der Waals surface area (Å²) < 4.78 is 0. The van der Waals surface area contributed by atoms with Gasteiger partial charge in [0.1, 0.15) is 5.69 Å². The Morgan fingerprint density at radius 3 is 3.00 bits per heavy atom. The number of hydrogen-bond acceptors (Lipinski definition) is 5. The number of carbonyl (C=O) groups is 1. The highest BCUT2D eigenvalue weighted by Crippen LogP contribution is 2.18. The standard InChI is InChI=1S/C16H19N3O2S/c20-14(7-17-16(21)15-10-22-11-18-15)9-19-6-5-12-3-1-2-4-13(12)8-19/h1-4,10-11,14,20H,5-9H2,(H,17,21)/t14-/m1/s1. The van der Waals surface area contributed by atoms with Crippen molar-refractivity contribution in [2.45, 2.75) is 19.1 Å². The molecule has 6 heteroatoms. The Balaban J connectivity index is 1.46. The molecule has 2 N–H and O–H groups in total. The number of β-amino-alcohol motifs (C(OH)–C–C–N with tert-alkyl or cyclic N) is 1. The lowest BCUT2D eigenvalue weighted by molar-refractivity contribution is 0.0838. The Labute approximate surface area is 133 Å². The first-order chi connectivity index (χ1) is 10.7. The van der Waals surface area contributed by atoms with Gasteiger partial charge in [0, 0.05) is 31.6 Å². The molecule has 1 aromatic heterocycles. The molecule has 3 rings (SSSR count). The summed E-state index contributed by atoms with van der Waals surface area (Å²) in [4.78, 5) is 17.9. The van der Waals surface area contributed by atoms with E-state index in [0.717, 1.165) is 19.5 Å². The fraction of sp³-hybridized carbons (Fsp3) is 0.375. The van der Waals surface area contributed by atoms with Crippen molar-refractivity contribution in [3.63, 3.8) is 0 Å². The summed E-state index contributed by atoms with van der Waals surface area (Å²) in [6.45, 7) is 2.60. The van der Waals surface area contributed by atoms with Crippen LogP contribution in [0.3, 0.4) is 0 Å². The average molecular weight is 317 g/mol. The molecule has 1 amide bonds. The van der Waals surface area contributed by atoms with Gasteiger partial charge in [-0.1, -0.05) is 24.3 Å². The first-order valence-corrected chi connectivity index (χ1v) is 8.30. The quantitative estimate of drug-likeness (QED) is 0.872. The maximum absolute atomic E-state index is 11.8. The topological polar surface area (TPSA) is 65.5 Å². The highest BCUT2D eigenvalue weighted by Gasteiger charge is 2.19. The fourth-order valence-corrected chi connectivity index (χ4v) is 3.23. The zero-order valence-electron chi connectivity index (χ0n) is 12.2. The molecule has 0 saturated carbocycles. The number of hydrogen-bond donors (Lipinski definition) is 2. The first kappa shape index (κ1) is 15.1. The Morgan fingerprint density at radius 2 is 2.23 bits per heavy atom. The summed E-state index contributed by atoms with van der Waals surface area (Å²) in [5.74, 6) is -0.232. The third-order valence-corrected chi connectivity index (χ3v) is 4.43. The molecule has 0 aliphatic carbocycles. The van der Waals surface area contributed by atoms with E-state index in [1.165, 1.54) is 22.5 Å². The maximum Gasteiger partial charge on any atom is 0.270 e. The SMILES string of the molecule is O=C(NC[C@@H](O)CN1CCc2ccccc2C1)c1cscn1. The highest BCUT2D eigenvalue weighted by atomic mass is 32.1. The van der Waals surface area contributed by atoms with Gasteiger partial charge in [-0.05, 0) is 17.5 Å². The van der Waals surface area contributed by atoms with E-state index < -0.39 is 6.10 Å². The van der Waals surface area contributed by atoms with E-state index in [9.17, 15) is 9.90 Å². The van der Waals surface area contributed by atoms with Gasteiger partial charge >= 0.3 is 0 Å². The molecule has 2 heterocycles. The van der Waals surface area contributed by atoms with Crippen LogP contribution in [0.15, 0.2) is 35.2 Å². The molecule has 0 fully saturated rings. The van der Waals surface area contributed by atoms with Gasteiger partial charge in [0.15, 0.2) is 0 Å². The van der Waals surface area contributed by atoms with E-state index in [0.29, 0.717) is 12.2 Å². The van der Waals surface area contributed by atoms with E-state index >= 15 is 0 Å². The van der Waals surface area contributed by atoms with Crippen LogP contribution in [0.4, 0.5) is 0 Å². The van der Waals surface area contributed by atoms with Crippen LogP contribution in [0.25, 0.3) is 0 Å². The largest absolute Gasteiger partial charge is 0.390 e. The van der Waals surface area contributed by atoms with Crippen molar-refractivity contribution in [1.29, 1.82) is 0 Å². The minimum atomic E-state index is -0.576. The molecular formula is C16H19N3O2S. The molecule has 116 valence electrons. The lowest BCUT2D eigenvalue weighted by atomic mass is 10.00. The van der Waals surface area contributed by atoms with Gasteiger partial charge in [-0.2, -0.15) is 0 Å². The van der Waals surface area contributed by atoms with E-state index in [-0.39, 0.29) is 12.5 Å². The van der Waals surface area contributed by atoms with E-state index in [4.69, 9.17) is 0 Å². The summed E-state index contributed by atoms with van der Waals surface area (Å²) in [7, 11) is 0. The number of nitrogens with one attached hydrogen (secondary N) is 1. The van der Waals surface area contributed by atoms with Crippen molar-refractivity contribution in [2.75, 3.05) is 19.6 Å². The maximum atomic E-state index is 11.8. The molecular weight excluding hydrogens is 298 g/mol. The predicted octanol–water partition coefficient (Wildman–Crippen LogP) is 1.29. The molecule has 1 aromatic carbocycles. The summed E-state index contributed by atoms with van der Waals surface area (Å²) in [6.07, 6.45) is 0.432. The smallest absolute Gasteiger partial charge is 0.270 e. The molecule has 0 spiro atoms. The predicted molar refractivity (Wildman–Crippen MR) is 85.9 cm³/mol. The Morgan fingerprint density at radius 1 is 1.41 bits per heavy atom. The van der Waals surface area contributed by atoms with E-state index in [2.05, 4.69) is 33.4 Å². The number of aliphatic hydroxyl groups excluding tert-OH is 1. The monoisotopic (exact) mass is 317 g/mol. The summed E-state index contributed by atoms with van der Waals surface area (Å²) in [5, 5.41) is 14.5. The lowest BCUT2D eigenvalue weighted by Crippen LogP contribution is -2.42. The van der Waals surface area contributed by atoms with Gasteiger partial charge in [0.05, 0.1) is 11.6 Å². The highest BCUT2D eigenvalue weighted by molar-refractivity contribution is 7.07. The second-order valence-corrected chi connectivity index (χ2v) is 6.21. The zero-order valence-corrected chi connectivity index (χ0v) is 13.1. The van der Waals surface area contributed by atoms with E-state index in [1.807, 2.05) is 6.07 Å². The van der Waals surface area contributed by atoms with Gasteiger partial charge in [-0.15, -0.1) is 11.3 Å². The minimum absolute atomic E-state index is 0.232. The van der Waals surface area contributed by atoms with Crippen LogP contribution in [-0.2, 0) is 13.0 Å². The number of aliphatic hydroxyl groups is 1. The molecule has 1 aliphatic rings. The van der Waals surface area contributed by atoms with Crippen LogP contribution in [0.5, 0.6) is 0 Å². The van der Waals surface area contributed by atoms with Crippen molar-refractivity contribution in [3.8, 4) is 0 Å². The summed E-state index contributed by atoms with van der Waals surface area (Å²) in [5.41, 5.74) is 4.75. The molecule has 22 heavy (non-hydrogen) atoms. The Kier molecular flexibility index (Phi) is 4.82. The van der Waals surface area contributed by atoms with Crippen LogP contribution < -0.4 is 5.32 Å². The zero-order chi connectivity index (χ0) is 15.4. The van der Waals surface area contributed by atoms with Gasteiger partial charge in [-0.25, -0.2) is 4.98 Å². The van der Waals surface area contributed by atoms with Crippen LogP contribution >= 0.6 is 11.3 Å². The van der Waals surface area contributed by atoms with Gasteiger partial charge in [0.25, 0.3) is 5.91 Å². The van der Waals surface area contributed by atoms with Crippen molar-refractivity contribution in [2.24, 2.45) is 0 Å². The van der Waals surface area contributed by atoms with Crippen molar-refractivity contribution < 1.29 is 9.90 Å². The third kappa shape index (κ3) is 3.71. The second kappa shape index (κ2) is 7.00. The fourth-order valence-electron chi connectivity index (χ4n) is 2.70. The molecule has 1 atom stereocenters. The third-order valence-electron chi connectivity index (χ3n) is 3.84. The Hall–Kier alpha value is -1.76. The van der Waals surface area contributed by atoms with Crippen LogP contribution in [0.2, 0.25) is 0 Å². The number of thiazole rings is 1. The Bertz CT molecular complexity index is 630. The normalized spacial score (nSPS) is 16.0. The molecule has 1 aliphatic heterocycles. The molecule has 0 radical (unpaired) electrons. The molecule has 2 aromatic rings. The number of benzene rings is 1. The number of carbonyl (C=O) groups excluding carboxylic acids is 1. The first-order valence-electron chi connectivity index (χ1n) is 7.36. The van der Waals surface area contributed by atoms with Crippen molar-refractivity contribution in [3.05, 3.63) is 52.0 Å². The number of fused-ring (bicyclic) bond motifs is 1. The molecule has 0 unspecified atom stereocenters.